The van der Waals surface area contributed by atoms with Gasteiger partial charge in [0.15, 0.2) is 0 Å². The molecule has 2 N–H and O–H groups in total. The summed E-state index contributed by atoms with van der Waals surface area (Å²) in [6.45, 7) is 5.29. The normalized spacial score (nSPS) is 13.9. The summed E-state index contributed by atoms with van der Waals surface area (Å²) in [6.07, 6.45) is -0.816. The number of aliphatic hydroxyl groups excluding tert-OH is 1. The SMILES string of the molecule is CN(C)C(C)(C)CNCC(O)c1ccccc1F. The summed E-state index contributed by atoms with van der Waals surface area (Å²) in [7, 11) is 4.02. The maximum atomic E-state index is 13.4. The van der Waals surface area contributed by atoms with E-state index in [1.165, 1.54) is 6.07 Å². The van der Waals surface area contributed by atoms with Crippen molar-refractivity contribution in [2.45, 2.75) is 25.5 Å². The van der Waals surface area contributed by atoms with Crippen molar-refractivity contribution in [1.29, 1.82) is 0 Å². The fourth-order valence-corrected chi connectivity index (χ4v) is 1.53. The van der Waals surface area contributed by atoms with Gasteiger partial charge in [-0.2, -0.15) is 0 Å². The largest absolute Gasteiger partial charge is 0.387 e. The van der Waals surface area contributed by atoms with Crippen LogP contribution in [0.2, 0.25) is 0 Å². The average Bonchev–Trinajstić information content (AvgIpc) is 2.29. The van der Waals surface area contributed by atoms with E-state index in [0.717, 1.165) is 6.54 Å². The van der Waals surface area contributed by atoms with Crippen LogP contribution in [0.15, 0.2) is 24.3 Å². The third kappa shape index (κ3) is 4.05. The van der Waals surface area contributed by atoms with Gasteiger partial charge in [0.05, 0.1) is 6.10 Å². The van der Waals surface area contributed by atoms with Crippen molar-refractivity contribution in [3.63, 3.8) is 0 Å². The molecule has 1 aromatic rings. The number of benzene rings is 1. The minimum atomic E-state index is -0.816. The van der Waals surface area contributed by atoms with Crippen LogP contribution < -0.4 is 5.32 Å². The van der Waals surface area contributed by atoms with Gasteiger partial charge in [0.1, 0.15) is 5.82 Å². The van der Waals surface area contributed by atoms with Gasteiger partial charge in [0.2, 0.25) is 0 Å². The number of halogens is 1. The minimum absolute atomic E-state index is 0.00501. The van der Waals surface area contributed by atoms with Crippen LogP contribution in [0.4, 0.5) is 4.39 Å². The van der Waals surface area contributed by atoms with E-state index in [-0.39, 0.29) is 11.4 Å². The fourth-order valence-electron chi connectivity index (χ4n) is 1.53. The number of nitrogens with zero attached hydrogens (tertiary/aromatic N) is 1. The Hall–Kier alpha value is -0.970. The van der Waals surface area contributed by atoms with E-state index in [4.69, 9.17) is 0 Å². The van der Waals surface area contributed by atoms with Gasteiger partial charge < -0.3 is 15.3 Å². The Balaban J connectivity index is 2.48. The molecule has 1 unspecified atom stereocenters. The predicted octanol–water partition coefficient (Wildman–Crippen LogP) is 1.79. The molecule has 0 fully saturated rings. The molecule has 0 aliphatic heterocycles. The lowest BCUT2D eigenvalue weighted by Crippen LogP contribution is -2.47. The third-order valence-electron chi connectivity index (χ3n) is 3.37. The molecule has 3 nitrogen and oxygen atoms in total. The topological polar surface area (TPSA) is 35.5 Å². The summed E-state index contributed by atoms with van der Waals surface area (Å²) in [6, 6.07) is 6.32. The second kappa shape index (κ2) is 6.27. The summed E-state index contributed by atoms with van der Waals surface area (Å²) in [5, 5.41) is 13.1. The highest BCUT2D eigenvalue weighted by Crippen LogP contribution is 2.16. The lowest BCUT2D eigenvalue weighted by molar-refractivity contribution is 0.149. The van der Waals surface area contributed by atoms with Gasteiger partial charge in [-0.05, 0) is 34.0 Å². The summed E-state index contributed by atoms with van der Waals surface area (Å²) < 4.78 is 13.4. The molecule has 0 aliphatic rings. The van der Waals surface area contributed by atoms with Crippen molar-refractivity contribution in [1.82, 2.24) is 10.2 Å². The number of rotatable bonds is 6. The summed E-state index contributed by atoms with van der Waals surface area (Å²) >= 11 is 0. The van der Waals surface area contributed by atoms with Gasteiger partial charge in [-0.15, -0.1) is 0 Å². The number of hydrogen-bond donors (Lipinski definition) is 2. The van der Waals surface area contributed by atoms with E-state index in [9.17, 15) is 9.50 Å². The van der Waals surface area contributed by atoms with Crippen LogP contribution in [0, 0.1) is 5.82 Å². The van der Waals surface area contributed by atoms with Crippen molar-refractivity contribution in [2.75, 3.05) is 27.2 Å². The van der Waals surface area contributed by atoms with E-state index in [1.807, 2.05) is 14.1 Å². The molecule has 1 aromatic carbocycles. The van der Waals surface area contributed by atoms with Crippen molar-refractivity contribution in [2.24, 2.45) is 0 Å². The maximum Gasteiger partial charge on any atom is 0.129 e. The molecule has 1 rings (SSSR count). The Bertz CT molecular complexity index is 380. The first-order chi connectivity index (χ1) is 8.34. The lowest BCUT2D eigenvalue weighted by atomic mass is 10.0. The second-order valence-electron chi connectivity index (χ2n) is 5.38. The second-order valence-corrected chi connectivity index (χ2v) is 5.38. The zero-order valence-electron chi connectivity index (χ0n) is 11.6. The molecule has 102 valence electrons. The van der Waals surface area contributed by atoms with E-state index >= 15 is 0 Å². The first kappa shape index (κ1) is 15.1. The Labute approximate surface area is 109 Å². The monoisotopic (exact) mass is 254 g/mol. The molecule has 18 heavy (non-hydrogen) atoms. The molecule has 0 bridgehead atoms. The average molecular weight is 254 g/mol. The Kier molecular flexibility index (Phi) is 5.26. The highest BCUT2D eigenvalue weighted by molar-refractivity contribution is 5.19. The standard InChI is InChI=1S/C14H23FN2O/c1-14(2,17(3)4)10-16-9-13(18)11-7-5-6-8-12(11)15/h5-8,13,16,18H,9-10H2,1-4H3. The van der Waals surface area contributed by atoms with Crippen molar-refractivity contribution in [3.8, 4) is 0 Å². The molecular formula is C14H23FN2O. The van der Waals surface area contributed by atoms with Gasteiger partial charge in [-0.3, -0.25) is 0 Å². The number of hydrogen-bond acceptors (Lipinski definition) is 3. The summed E-state index contributed by atoms with van der Waals surface area (Å²) in [5.41, 5.74) is 0.335. The van der Waals surface area contributed by atoms with Crippen molar-refractivity contribution in [3.05, 3.63) is 35.6 Å². The number of aliphatic hydroxyl groups is 1. The lowest BCUT2D eigenvalue weighted by Gasteiger charge is -2.33. The van der Waals surface area contributed by atoms with Crippen molar-refractivity contribution >= 4 is 0 Å². The Morgan fingerprint density at radius 2 is 1.94 bits per heavy atom. The quantitative estimate of drug-likeness (QED) is 0.812. The first-order valence-electron chi connectivity index (χ1n) is 6.15. The number of nitrogens with one attached hydrogen (secondary N) is 1. The highest BCUT2D eigenvalue weighted by atomic mass is 19.1. The van der Waals surface area contributed by atoms with E-state index < -0.39 is 6.10 Å². The smallest absolute Gasteiger partial charge is 0.129 e. The Morgan fingerprint density at radius 1 is 1.33 bits per heavy atom. The van der Waals surface area contributed by atoms with Crippen LogP contribution in [0.5, 0.6) is 0 Å². The molecule has 0 spiro atoms. The van der Waals surface area contributed by atoms with Crippen molar-refractivity contribution < 1.29 is 9.50 Å². The predicted molar refractivity (Wildman–Crippen MR) is 72.0 cm³/mol. The maximum absolute atomic E-state index is 13.4. The molecule has 4 heteroatoms. The molecule has 0 radical (unpaired) electrons. The zero-order valence-corrected chi connectivity index (χ0v) is 11.6. The van der Waals surface area contributed by atoms with Crippen LogP contribution in [0.3, 0.4) is 0 Å². The third-order valence-corrected chi connectivity index (χ3v) is 3.37. The molecule has 0 aliphatic carbocycles. The van der Waals surface area contributed by atoms with Crippen LogP contribution in [-0.2, 0) is 0 Å². The van der Waals surface area contributed by atoms with Gasteiger partial charge in [0, 0.05) is 24.2 Å². The Morgan fingerprint density at radius 3 is 2.50 bits per heavy atom. The molecule has 0 saturated carbocycles. The highest BCUT2D eigenvalue weighted by Gasteiger charge is 2.20. The zero-order chi connectivity index (χ0) is 13.8. The molecule has 0 amide bonds. The van der Waals surface area contributed by atoms with Crippen LogP contribution >= 0.6 is 0 Å². The molecule has 1 atom stereocenters. The molecule has 0 aromatic heterocycles. The van der Waals surface area contributed by atoms with Gasteiger partial charge >= 0.3 is 0 Å². The van der Waals surface area contributed by atoms with Gasteiger partial charge in [-0.1, -0.05) is 18.2 Å². The number of likely N-dealkylation sites (N-methyl/N-ethyl adjacent to an activating group) is 1. The minimum Gasteiger partial charge on any atom is -0.387 e. The van der Waals surface area contributed by atoms with E-state index in [2.05, 4.69) is 24.1 Å². The first-order valence-corrected chi connectivity index (χ1v) is 6.15. The van der Waals surface area contributed by atoms with Gasteiger partial charge in [-0.25, -0.2) is 4.39 Å². The summed E-state index contributed by atoms with van der Waals surface area (Å²) in [4.78, 5) is 2.11. The van der Waals surface area contributed by atoms with Crippen LogP contribution in [0.25, 0.3) is 0 Å². The molecular weight excluding hydrogens is 231 g/mol. The van der Waals surface area contributed by atoms with Crippen LogP contribution in [-0.4, -0.2) is 42.7 Å². The molecule has 0 saturated heterocycles. The van der Waals surface area contributed by atoms with E-state index in [1.54, 1.807) is 18.2 Å². The molecule has 0 heterocycles. The van der Waals surface area contributed by atoms with Gasteiger partial charge in [0.25, 0.3) is 0 Å². The van der Waals surface area contributed by atoms with E-state index in [0.29, 0.717) is 12.1 Å². The fraction of sp³-hybridized carbons (Fsp3) is 0.571. The summed E-state index contributed by atoms with van der Waals surface area (Å²) in [5.74, 6) is -0.362. The van der Waals surface area contributed by atoms with Crippen LogP contribution in [0.1, 0.15) is 25.5 Å².